The summed E-state index contributed by atoms with van der Waals surface area (Å²) in [7, 11) is -0.755. The molecule has 1 heterocycles. The third-order valence-corrected chi connectivity index (χ3v) is 6.59. The second kappa shape index (κ2) is 9.36. The molecule has 2 amide bonds. The molecule has 2 aromatic rings. The first-order valence-corrected chi connectivity index (χ1v) is 11.3. The van der Waals surface area contributed by atoms with Crippen molar-refractivity contribution in [3.63, 3.8) is 0 Å². The van der Waals surface area contributed by atoms with Crippen molar-refractivity contribution in [2.45, 2.75) is 18.2 Å². The zero-order valence-corrected chi connectivity index (χ0v) is 18.5. The van der Waals surface area contributed by atoms with Crippen molar-refractivity contribution in [3.05, 3.63) is 42.5 Å². The molecule has 0 saturated carbocycles. The van der Waals surface area contributed by atoms with Crippen LogP contribution in [0.1, 0.15) is 13.3 Å². The molecule has 0 spiro atoms. The van der Waals surface area contributed by atoms with Gasteiger partial charge in [-0.05, 0) is 37.3 Å². The number of hydrogen-bond acceptors (Lipinski definition) is 6. The first-order chi connectivity index (χ1) is 14.7. The van der Waals surface area contributed by atoms with E-state index in [0.29, 0.717) is 29.4 Å². The van der Waals surface area contributed by atoms with Crippen molar-refractivity contribution in [1.29, 1.82) is 0 Å². The molecule has 166 valence electrons. The van der Waals surface area contributed by atoms with Gasteiger partial charge >= 0.3 is 0 Å². The fraction of sp³-hybridized carbons (Fsp3) is 0.333. The number of anilines is 3. The van der Waals surface area contributed by atoms with E-state index in [1.807, 2.05) is 13.0 Å². The largest absolute Gasteiger partial charge is 0.482 e. The number of para-hydroxylation sites is 2. The fourth-order valence-electron chi connectivity index (χ4n) is 3.17. The number of ether oxygens (including phenoxy) is 1. The van der Waals surface area contributed by atoms with E-state index in [0.717, 1.165) is 4.31 Å². The summed E-state index contributed by atoms with van der Waals surface area (Å²) in [6, 6.07) is 11.7. The maximum atomic E-state index is 12.7. The predicted octanol–water partition coefficient (Wildman–Crippen LogP) is 2.12. The van der Waals surface area contributed by atoms with Crippen LogP contribution in [0.3, 0.4) is 0 Å². The van der Waals surface area contributed by atoms with Crippen molar-refractivity contribution in [2.24, 2.45) is 0 Å². The summed E-state index contributed by atoms with van der Waals surface area (Å²) in [5, 5.41) is 5.88. The summed E-state index contributed by atoms with van der Waals surface area (Å²) in [5.74, 6) is 0.0350. The van der Waals surface area contributed by atoms with E-state index in [4.69, 9.17) is 4.74 Å². The zero-order chi connectivity index (χ0) is 22.6. The smallest absolute Gasteiger partial charge is 0.265 e. The number of sulfonamides is 1. The minimum atomic E-state index is -3.65. The van der Waals surface area contributed by atoms with E-state index in [9.17, 15) is 18.0 Å². The van der Waals surface area contributed by atoms with Crippen LogP contribution in [0, 0.1) is 0 Å². The monoisotopic (exact) mass is 446 g/mol. The highest BCUT2D eigenvalue weighted by Crippen LogP contribution is 2.32. The Morgan fingerprint density at radius 3 is 2.61 bits per heavy atom. The van der Waals surface area contributed by atoms with Gasteiger partial charge in [0.2, 0.25) is 15.9 Å². The van der Waals surface area contributed by atoms with Gasteiger partial charge in [0.25, 0.3) is 5.91 Å². The molecule has 10 heteroatoms. The molecular weight excluding hydrogens is 420 g/mol. The van der Waals surface area contributed by atoms with Crippen LogP contribution in [-0.4, -0.2) is 58.3 Å². The molecule has 9 nitrogen and oxygen atoms in total. The molecule has 0 radical (unpaired) electrons. The van der Waals surface area contributed by atoms with Crippen molar-refractivity contribution >= 4 is 38.9 Å². The van der Waals surface area contributed by atoms with Gasteiger partial charge in [-0.2, -0.15) is 0 Å². The third-order valence-electron chi connectivity index (χ3n) is 4.78. The Bertz CT molecular complexity index is 1080. The Hall–Kier alpha value is -3.11. The Kier molecular flexibility index (Phi) is 6.81. The molecule has 3 rings (SSSR count). The van der Waals surface area contributed by atoms with Crippen LogP contribution in [0.15, 0.2) is 47.4 Å². The number of carbonyl (C=O) groups is 2. The second-order valence-corrected chi connectivity index (χ2v) is 9.28. The molecule has 0 unspecified atom stereocenters. The fourth-order valence-corrected chi connectivity index (χ4v) is 4.10. The van der Waals surface area contributed by atoms with Gasteiger partial charge in [-0.25, -0.2) is 12.7 Å². The summed E-state index contributed by atoms with van der Waals surface area (Å²) in [4.78, 5) is 26.5. The molecule has 0 saturated heterocycles. The van der Waals surface area contributed by atoms with Gasteiger partial charge in [0, 0.05) is 33.6 Å². The number of hydrogen-bond donors (Lipinski definition) is 2. The number of nitrogens with zero attached hydrogens (tertiary/aromatic N) is 2. The molecule has 31 heavy (non-hydrogen) atoms. The molecule has 1 aliphatic rings. The Morgan fingerprint density at radius 2 is 1.90 bits per heavy atom. The van der Waals surface area contributed by atoms with Crippen molar-refractivity contribution in [2.75, 3.05) is 49.3 Å². The average Bonchev–Trinajstić information content (AvgIpc) is 2.74. The van der Waals surface area contributed by atoms with E-state index in [-0.39, 0.29) is 36.3 Å². The second-order valence-electron chi connectivity index (χ2n) is 7.13. The number of fused-ring (bicyclic) bond motifs is 1. The SMILES string of the molecule is CCNc1ccc(S(=O)(=O)N(C)C)cc1NC(=O)CCN1C(=O)COc2ccccc21. The maximum absolute atomic E-state index is 12.7. The van der Waals surface area contributed by atoms with E-state index in [1.54, 1.807) is 24.3 Å². The Labute approximate surface area is 182 Å². The minimum Gasteiger partial charge on any atom is -0.482 e. The minimum absolute atomic E-state index is 0.0380. The molecule has 0 atom stereocenters. The van der Waals surface area contributed by atoms with Gasteiger partial charge < -0.3 is 20.3 Å². The lowest BCUT2D eigenvalue weighted by atomic mass is 10.2. The molecule has 2 N–H and O–H groups in total. The van der Waals surface area contributed by atoms with Crippen LogP contribution >= 0.6 is 0 Å². The summed E-state index contributed by atoms with van der Waals surface area (Å²) in [6.07, 6.45) is 0.0380. The van der Waals surface area contributed by atoms with Gasteiger partial charge in [-0.15, -0.1) is 0 Å². The summed E-state index contributed by atoms with van der Waals surface area (Å²) in [6.45, 7) is 2.60. The van der Waals surface area contributed by atoms with Gasteiger partial charge in [-0.3, -0.25) is 9.59 Å². The molecule has 1 aliphatic heterocycles. The first kappa shape index (κ1) is 22.6. The van der Waals surface area contributed by atoms with Gasteiger partial charge in [-0.1, -0.05) is 12.1 Å². The van der Waals surface area contributed by atoms with Crippen LogP contribution in [0.2, 0.25) is 0 Å². The quantitative estimate of drug-likeness (QED) is 0.643. The lowest BCUT2D eigenvalue weighted by Crippen LogP contribution is -2.40. The maximum Gasteiger partial charge on any atom is 0.265 e. The number of nitrogens with one attached hydrogen (secondary N) is 2. The molecule has 0 bridgehead atoms. The number of rotatable bonds is 8. The zero-order valence-electron chi connectivity index (χ0n) is 17.7. The summed E-state index contributed by atoms with van der Waals surface area (Å²) < 4.78 is 31.5. The predicted molar refractivity (Wildman–Crippen MR) is 119 cm³/mol. The number of benzene rings is 2. The highest BCUT2D eigenvalue weighted by molar-refractivity contribution is 7.89. The van der Waals surface area contributed by atoms with Crippen LogP contribution in [0.4, 0.5) is 17.1 Å². The van der Waals surface area contributed by atoms with Crippen molar-refractivity contribution in [3.8, 4) is 5.75 Å². The number of carbonyl (C=O) groups excluding carboxylic acids is 2. The normalized spacial score (nSPS) is 13.5. The van der Waals surface area contributed by atoms with Crippen molar-refractivity contribution < 1.29 is 22.7 Å². The lowest BCUT2D eigenvalue weighted by molar-refractivity contribution is -0.121. The van der Waals surface area contributed by atoms with Gasteiger partial charge in [0.1, 0.15) is 5.75 Å². The summed E-state index contributed by atoms with van der Waals surface area (Å²) >= 11 is 0. The standard InChI is InChI=1S/C21H26N4O5S/c1-4-22-16-10-9-15(31(28,29)24(2)3)13-17(16)23-20(26)11-12-25-18-7-5-6-8-19(18)30-14-21(25)27/h5-10,13,22H,4,11-12,14H2,1-3H3,(H,23,26). The first-order valence-electron chi connectivity index (χ1n) is 9.86. The molecule has 0 aliphatic carbocycles. The molecular formula is C21H26N4O5S. The van der Waals surface area contributed by atoms with Crippen LogP contribution in [-0.2, 0) is 19.6 Å². The van der Waals surface area contributed by atoms with E-state index < -0.39 is 10.0 Å². The third kappa shape index (κ3) is 4.97. The summed E-state index contributed by atoms with van der Waals surface area (Å²) in [5.41, 5.74) is 1.60. The van der Waals surface area contributed by atoms with Gasteiger partial charge in [0.05, 0.1) is 22.0 Å². The topological polar surface area (TPSA) is 108 Å². The lowest BCUT2D eigenvalue weighted by Gasteiger charge is -2.29. The molecule has 0 fully saturated rings. The van der Waals surface area contributed by atoms with Crippen LogP contribution in [0.5, 0.6) is 5.75 Å². The molecule has 0 aromatic heterocycles. The molecule has 2 aromatic carbocycles. The van der Waals surface area contributed by atoms with E-state index in [1.165, 1.54) is 31.1 Å². The average molecular weight is 447 g/mol. The highest BCUT2D eigenvalue weighted by atomic mass is 32.2. The van der Waals surface area contributed by atoms with Crippen LogP contribution in [0.25, 0.3) is 0 Å². The Balaban J connectivity index is 1.76. The van der Waals surface area contributed by atoms with E-state index >= 15 is 0 Å². The van der Waals surface area contributed by atoms with E-state index in [2.05, 4.69) is 10.6 Å². The van der Waals surface area contributed by atoms with Crippen LogP contribution < -0.4 is 20.3 Å². The number of amides is 2. The van der Waals surface area contributed by atoms with Crippen molar-refractivity contribution in [1.82, 2.24) is 4.31 Å². The highest BCUT2D eigenvalue weighted by Gasteiger charge is 2.26. The Morgan fingerprint density at radius 1 is 1.16 bits per heavy atom. The van der Waals surface area contributed by atoms with Gasteiger partial charge in [0.15, 0.2) is 6.61 Å².